The number of amides is 1. The SMILES string of the molecule is CN(C)c1ccc(NC(=O)CCn2cnc3ccccc3c2=O)cc1. The van der Waals surface area contributed by atoms with E-state index in [1.54, 1.807) is 18.2 Å². The Hall–Kier alpha value is -3.15. The number of nitrogens with one attached hydrogen (secondary N) is 1. The summed E-state index contributed by atoms with van der Waals surface area (Å²) >= 11 is 0. The van der Waals surface area contributed by atoms with E-state index >= 15 is 0 Å². The number of nitrogens with zero attached hydrogens (tertiary/aromatic N) is 3. The molecule has 6 nitrogen and oxygen atoms in total. The molecule has 25 heavy (non-hydrogen) atoms. The molecule has 3 aromatic rings. The monoisotopic (exact) mass is 336 g/mol. The number of fused-ring (bicyclic) bond motifs is 1. The van der Waals surface area contributed by atoms with Crippen molar-refractivity contribution in [2.75, 3.05) is 24.3 Å². The van der Waals surface area contributed by atoms with Crippen molar-refractivity contribution in [2.45, 2.75) is 13.0 Å². The van der Waals surface area contributed by atoms with Crippen LogP contribution < -0.4 is 15.8 Å². The maximum Gasteiger partial charge on any atom is 0.261 e. The van der Waals surface area contributed by atoms with Gasteiger partial charge in [0.05, 0.1) is 17.2 Å². The van der Waals surface area contributed by atoms with Gasteiger partial charge in [-0.05, 0) is 36.4 Å². The Morgan fingerprint density at radius 3 is 2.56 bits per heavy atom. The van der Waals surface area contributed by atoms with Crippen LogP contribution in [0.2, 0.25) is 0 Å². The van der Waals surface area contributed by atoms with Gasteiger partial charge < -0.3 is 10.2 Å². The number of aryl methyl sites for hydroxylation is 1. The maximum atomic E-state index is 12.4. The highest BCUT2D eigenvalue weighted by atomic mass is 16.1. The predicted octanol–water partition coefficient (Wildman–Crippen LogP) is 2.49. The molecule has 0 saturated carbocycles. The molecule has 0 aliphatic rings. The number of anilines is 2. The third-order valence-electron chi connectivity index (χ3n) is 3.98. The molecule has 1 N–H and O–H groups in total. The van der Waals surface area contributed by atoms with E-state index < -0.39 is 0 Å². The van der Waals surface area contributed by atoms with Crippen LogP contribution in [0.1, 0.15) is 6.42 Å². The second-order valence-electron chi connectivity index (χ2n) is 6.00. The van der Waals surface area contributed by atoms with Crippen LogP contribution in [0.5, 0.6) is 0 Å². The van der Waals surface area contributed by atoms with Gasteiger partial charge in [-0.15, -0.1) is 0 Å². The summed E-state index contributed by atoms with van der Waals surface area (Å²) in [6.45, 7) is 0.290. The molecule has 0 atom stereocenters. The number of rotatable bonds is 5. The maximum absolute atomic E-state index is 12.4. The van der Waals surface area contributed by atoms with Gasteiger partial charge in [-0.25, -0.2) is 4.98 Å². The summed E-state index contributed by atoms with van der Waals surface area (Å²) in [7, 11) is 3.92. The zero-order chi connectivity index (χ0) is 17.8. The molecule has 0 unspecified atom stereocenters. The Labute approximate surface area is 145 Å². The predicted molar refractivity (Wildman–Crippen MR) is 100 cm³/mol. The molecule has 6 heteroatoms. The average Bonchev–Trinajstić information content (AvgIpc) is 2.62. The molecular weight excluding hydrogens is 316 g/mol. The molecular formula is C19H20N4O2. The van der Waals surface area contributed by atoms with Gasteiger partial charge in [0, 0.05) is 38.4 Å². The van der Waals surface area contributed by atoms with Crippen molar-refractivity contribution in [1.29, 1.82) is 0 Å². The highest BCUT2D eigenvalue weighted by Crippen LogP contribution is 2.15. The number of benzene rings is 2. The van der Waals surface area contributed by atoms with Crippen molar-refractivity contribution in [3.05, 3.63) is 65.2 Å². The normalized spacial score (nSPS) is 10.6. The third kappa shape index (κ3) is 3.85. The fourth-order valence-electron chi connectivity index (χ4n) is 2.55. The van der Waals surface area contributed by atoms with Gasteiger partial charge in [-0.2, -0.15) is 0 Å². The first-order chi connectivity index (χ1) is 12.0. The van der Waals surface area contributed by atoms with Gasteiger partial charge >= 0.3 is 0 Å². The van der Waals surface area contributed by atoms with Crippen molar-refractivity contribution in [3.63, 3.8) is 0 Å². The minimum Gasteiger partial charge on any atom is -0.378 e. The second kappa shape index (κ2) is 7.17. The lowest BCUT2D eigenvalue weighted by Crippen LogP contribution is -2.23. The lowest BCUT2D eigenvalue weighted by molar-refractivity contribution is -0.116. The van der Waals surface area contributed by atoms with Crippen molar-refractivity contribution < 1.29 is 4.79 Å². The summed E-state index contributed by atoms with van der Waals surface area (Å²) in [6.07, 6.45) is 1.69. The smallest absolute Gasteiger partial charge is 0.261 e. The van der Waals surface area contributed by atoms with Gasteiger partial charge in [0.1, 0.15) is 0 Å². The van der Waals surface area contributed by atoms with Crippen LogP contribution in [0.25, 0.3) is 10.9 Å². The van der Waals surface area contributed by atoms with E-state index in [0.29, 0.717) is 10.9 Å². The molecule has 1 amide bonds. The van der Waals surface area contributed by atoms with Crippen molar-refractivity contribution >= 4 is 28.2 Å². The topological polar surface area (TPSA) is 67.2 Å². The summed E-state index contributed by atoms with van der Waals surface area (Å²) < 4.78 is 1.47. The quantitative estimate of drug-likeness (QED) is 0.777. The molecule has 1 aromatic heterocycles. The molecule has 0 bridgehead atoms. The van der Waals surface area contributed by atoms with Crippen LogP contribution in [0, 0.1) is 0 Å². The van der Waals surface area contributed by atoms with Crippen LogP contribution in [-0.4, -0.2) is 29.6 Å². The third-order valence-corrected chi connectivity index (χ3v) is 3.98. The molecule has 0 aliphatic carbocycles. The molecule has 3 rings (SSSR count). The van der Waals surface area contributed by atoms with Crippen LogP contribution in [-0.2, 0) is 11.3 Å². The minimum atomic E-state index is -0.141. The van der Waals surface area contributed by atoms with Crippen molar-refractivity contribution in [1.82, 2.24) is 9.55 Å². The zero-order valence-electron chi connectivity index (χ0n) is 14.3. The summed E-state index contributed by atoms with van der Waals surface area (Å²) in [5.41, 5.74) is 2.33. The number of carbonyl (C=O) groups excluding carboxylic acids is 1. The Kier molecular flexibility index (Phi) is 4.79. The lowest BCUT2D eigenvalue weighted by Gasteiger charge is -2.13. The van der Waals surface area contributed by atoms with E-state index in [-0.39, 0.29) is 24.4 Å². The van der Waals surface area contributed by atoms with Gasteiger partial charge in [-0.3, -0.25) is 14.2 Å². The molecule has 128 valence electrons. The van der Waals surface area contributed by atoms with Gasteiger partial charge in [-0.1, -0.05) is 12.1 Å². The van der Waals surface area contributed by atoms with E-state index in [4.69, 9.17) is 0 Å². The minimum absolute atomic E-state index is 0.131. The van der Waals surface area contributed by atoms with Crippen LogP contribution >= 0.6 is 0 Å². The first kappa shape index (κ1) is 16.7. The van der Waals surface area contributed by atoms with Gasteiger partial charge in [0.15, 0.2) is 0 Å². The van der Waals surface area contributed by atoms with Crippen LogP contribution in [0.15, 0.2) is 59.7 Å². The second-order valence-corrected chi connectivity index (χ2v) is 6.00. The zero-order valence-corrected chi connectivity index (χ0v) is 14.3. The molecule has 0 saturated heterocycles. The fraction of sp³-hybridized carbons (Fsp3) is 0.211. The largest absolute Gasteiger partial charge is 0.378 e. The van der Waals surface area contributed by atoms with E-state index in [9.17, 15) is 9.59 Å². The van der Waals surface area contributed by atoms with Crippen LogP contribution in [0.3, 0.4) is 0 Å². The molecule has 0 fully saturated rings. The Morgan fingerprint density at radius 2 is 1.84 bits per heavy atom. The molecule has 0 spiro atoms. The molecule has 2 aromatic carbocycles. The summed E-state index contributed by atoms with van der Waals surface area (Å²) in [5.74, 6) is -0.141. The number of para-hydroxylation sites is 1. The van der Waals surface area contributed by atoms with Gasteiger partial charge in [0.2, 0.25) is 5.91 Å². The van der Waals surface area contributed by atoms with Crippen molar-refractivity contribution in [3.8, 4) is 0 Å². The van der Waals surface area contributed by atoms with Gasteiger partial charge in [0.25, 0.3) is 5.56 Å². The van der Waals surface area contributed by atoms with Crippen LogP contribution in [0.4, 0.5) is 11.4 Å². The number of aromatic nitrogens is 2. The average molecular weight is 336 g/mol. The Balaban J connectivity index is 1.64. The first-order valence-corrected chi connectivity index (χ1v) is 8.06. The fourth-order valence-corrected chi connectivity index (χ4v) is 2.55. The highest BCUT2D eigenvalue weighted by molar-refractivity contribution is 5.90. The van der Waals surface area contributed by atoms with E-state index in [2.05, 4.69) is 10.3 Å². The summed E-state index contributed by atoms with van der Waals surface area (Å²) in [4.78, 5) is 30.8. The lowest BCUT2D eigenvalue weighted by atomic mass is 10.2. The van der Waals surface area contributed by atoms with E-state index in [1.165, 1.54) is 10.9 Å². The van der Waals surface area contributed by atoms with E-state index in [1.807, 2.05) is 49.3 Å². The molecule has 1 heterocycles. The Bertz CT molecular complexity index is 946. The number of hydrogen-bond acceptors (Lipinski definition) is 4. The molecule has 0 radical (unpaired) electrons. The first-order valence-electron chi connectivity index (χ1n) is 8.06. The number of carbonyl (C=O) groups is 1. The van der Waals surface area contributed by atoms with Crippen molar-refractivity contribution in [2.24, 2.45) is 0 Å². The Morgan fingerprint density at radius 1 is 1.12 bits per heavy atom. The summed E-state index contributed by atoms with van der Waals surface area (Å²) in [6, 6.07) is 14.8. The highest BCUT2D eigenvalue weighted by Gasteiger charge is 2.07. The number of hydrogen-bond donors (Lipinski definition) is 1. The summed E-state index contributed by atoms with van der Waals surface area (Å²) in [5, 5.41) is 3.40. The molecule has 0 aliphatic heterocycles. The standard InChI is InChI=1S/C19H20N4O2/c1-22(2)15-9-7-14(8-10-15)21-18(24)11-12-23-13-20-17-6-4-3-5-16(17)19(23)25/h3-10,13H,11-12H2,1-2H3,(H,21,24). The van der Waals surface area contributed by atoms with E-state index in [0.717, 1.165) is 11.4 Å².